The number of carbonyl (C=O) groups is 1. The Morgan fingerprint density at radius 2 is 1.82 bits per heavy atom. The van der Waals surface area contributed by atoms with Crippen molar-refractivity contribution in [3.63, 3.8) is 0 Å². The van der Waals surface area contributed by atoms with Crippen LogP contribution in [-0.4, -0.2) is 34.1 Å². The van der Waals surface area contributed by atoms with Gasteiger partial charge in [-0.2, -0.15) is 0 Å². The number of sulfonamides is 1. The number of amides is 1. The van der Waals surface area contributed by atoms with Gasteiger partial charge in [-0.1, -0.05) is 49.4 Å². The van der Waals surface area contributed by atoms with Crippen molar-refractivity contribution in [3.8, 4) is 11.5 Å². The molecule has 0 saturated carbocycles. The van der Waals surface area contributed by atoms with Gasteiger partial charge >= 0.3 is 0 Å². The number of para-hydroxylation sites is 2. The number of anilines is 1. The molecule has 34 heavy (non-hydrogen) atoms. The summed E-state index contributed by atoms with van der Waals surface area (Å²) in [6.07, 6.45) is -0.339. The van der Waals surface area contributed by atoms with E-state index >= 15 is 0 Å². The number of hydrogen-bond acceptors (Lipinski definition) is 5. The molecule has 0 bridgehead atoms. The van der Waals surface area contributed by atoms with Crippen molar-refractivity contribution in [2.45, 2.75) is 37.3 Å². The van der Waals surface area contributed by atoms with Crippen molar-refractivity contribution in [3.05, 3.63) is 83.9 Å². The lowest BCUT2D eigenvalue weighted by Crippen LogP contribution is -2.51. The molecule has 7 nitrogen and oxygen atoms in total. The van der Waals surface area contributed by atoms with Gasteiger partial charge < -0.3 is 14.8 Å². The summed E-state index contributed by atoms with van der Waals surface area (Å²) in [5.41, 5.74) is 2.32. The quantitative estimate of drug-likeness (QED) is 0.547. The van der Waals surface area contributed by atoms with E-state index in [1.54, 1.807) is 61.7 Å². The fraction of sp³-hybridized carbons (Fsp3) is 0.269. The third kappa shape index (κ3) is 4.59. The number of fused-ring (bicyclic) bond motifs is 1. The molecule has 0 fully saturated rings. The van der Waals surface area contributed by atoms with Crippen molar-refractivity contribution in [1.82, 2.24) is 5.32 Å². The largest absolute Gasteiger partial charge is 0.496 e. The number of nitrogens with one attached hydrogen (secondary N) is 1. The van der Waals surface area contributed by atoms with Gasteiger partial charge in [0.2, 0.25) is 0 Å². The van der Waals surface area contributed by atoms with Gasteiger partial charge in [-0.25, -0.2) is 8.42 Å². The second kappa shape index (κ2) is 9.77. The number of ether oxygens (including phenoxy) is 2. The van der Waals surface area contributed by atoms with Crippen molar-refractivity contribution in [2.75, 3.05) is 18.0 Å². The van der Waals surface area contributed by atoms with E-state index in [1.165, 1.54) is 4.31 Å². The zero-order valence-electron chi connectivity index (χ0n) is 19.4. The maximum Gasteiger partial charge on any atom is 0.264 e. The van der Waals surface area contributed by atoms with Crippen molar-refractivity contribution in [1.29, 1.82) is 0 Å². The van der Waals surface area contributed by atoms with Gasteiger partial charge in [0.25, 0.3) is 15.9 Å². The molecular weight excluding hydrogens is 452 g/mol. The third-order valence-corrected chi connectivity index (χ3v) is 7.70. The number of benzene rings is 3. The fourth-order valence-corrected chi connectivity index (χ4v) is 5.59. The number of rotatable bonds is 7. The lowest BCUT2D eigenvalue weighted by molar-refractivity contribution is -0.128. The number of aryl methyl sites for hydroxylation is 1. The molecule has 1 N–H and O–H groups in total. The molecule has 2 atom stereocenters. The Morgan fingerprint density at radius 3 is 2.50 bits per heavy atom. The average molecular weight is 481 g/mol. The molecule has 3 aromatic carbocycles. The Hall–Kier alpha value is -3.52. The van der Waals surface area contributed by atoms with E-state index in [0.717, 1.165) is 16.9 Å². The third-order valence-electron chi connectivity index (χ3n) is 5.90. The molecule has 1 heterocycles. The number of nitrogens with zero attached hydrogens (tertiary/aromatic N) is 1. The first-order chi connectivity index (χ1) is 16.3. The highest BCUT2D eigenvalue weighted by Gasteiger charge is 2.37. The molecule has 1 aliphatic heterocycles. The van der Waals surface area contributed by atoms with E-state index in [-0.39, 0.29) is 23.4 Å². The Morgan fingerprint density at radius 1 is 1.12 bits per heavy atom. The maximum absolute atomic E-state index is 13.4. The topological polar surface area (TPSA) is 84.9 Å². The lowest BCUT2D eigenvalue weighted by Gasteiger charge is -2.35. The Bertz CT molecular complexity index is 1280. The predicted octanol–water partition coefficient (Wildman–Crippen LogP) is 4.23. The molecule has 0 aliphatic carbocycles. The van der Waals surface area contributed by atoms with Crippen LogP contribution in [-0.2, 0) is 14.8 Å². The molecule has 1 amide bonds. The van der Waals surface area contributed by atoms with Crippen molar-refractivity contribution >= 4 is 21.6 Å². The molecule has 0 radical (unpaired) electrons. The molecular formula is C26H28N2O5S. The average Bonchev–Trinajstić information content (AvgIpc) is 2.86. The Balaban J connectivity index is 1.61. The zero-order valence-corrected chi connectivity index (χ0v) is 20.2. The normalized spacial score (nSPS) is 16.2. The standard InChI is InChI=1S/C26H28N2O5S/c1-4-21(19-14-15-23(32-3)18(2)16-19)27-26(29)25-17-28(22-12-8-9-13-24(22)33-25)34(30,31)20-10-6-5-7-11-20/h5-16,21,25H,4,17H2,1-3H3,(H,27,29)/t21-,25+/m1/s1. The van der Waals surface area contributed by atoms with Crippen LogP contribution < -0.4 is 19.1 Å². The summed E-state index contributed by atoms with van der Waals surface area (Å²) in [4.78, 5) is 13.4. The number of hydrogen-bond donors (Lipinski definition) is 1. The van der Waals surface area contributed by atoms with Crippen LogP contribution in [0.3, 0.4) is 0 Å². The van der Waals surface area contributed by atoms with Crippen molar-refractivity contribution in [2.24, 2.45) is 0 Å². The molecule has 0 spiro atoms. The molecule has 3 aromatic rings. The molecule has 178 valence electrons. The molecule has 0 aromatic heterocycles. The van der Waals surface area contributed by atoms with Crippen LogP contribution in [0.5, 0.6) is 11.5 Å². The van der Waals surface area contributed by atoms with Crippen LogP contribution in [0.4, 0.5) is 5.69 Å². The Kier molecular flexibility index (Phi) is 6.79. The predicted molar refractivity (Wildman–Crippen MR) is 131 cm³/mol. The van der Waals surface area contributed by atoms with Crippen LogP contribution >= 0.6 is 0 Å². The van der Waals surface area contributed by atoms with E-state index in [9.17, 15) is 13.2 Å². The van der Waals surface area contributed by atoms with Crippen molar-refractivity contribution < 1.29 is 22.7 Å². The van der Waals surface area contributed by atoms with E-state index in [1.807, 2.05) is 32.0 Å². The minimum Gasteiger partial charge on any atom is -0.496 e. The first-order valence-corrected chi connectivity index (χ1v) is 12.6. The summed E-state index contributed by atoms with van der Waals surface area (Å²) in [6, 6.07) is 20.6. The van der Waals surface area contributed by atoms with Gasteiger partial charge in [0.1, 0.15) is 11.5 Å². The summed E-state index contributed by atoms with van der Waals surface area (Å²) in [5, 5.41) is 3.03. The van der Waals surface area contributed by atoms with Crippen LogP contribution in [0, 0.1) is 6.92 Å². The molecule has 0 unspecified atom stereocenters. The maximum atomic E-state index is 13.4. The van der Waals surface area contributed by atoms with Crippen LogP contribution in [0.15, 0.2) is 77.7 Å². The molecule has 0 saturated heterocycles. The SMILES string of the molecule is CC[C@@H](NC(=O)[C@@H]1CN(S(=O)(=O)c2ccccc2)c2ccccc2O1)c1ccc(OC)c(C)c1. The number of carbonyl (C=O) groups excluding carboxylic acids is 1. The van der Waals surface area contributed by atoms with Crippen LogP contribution in [0.25, 0.3) is 0 Å². The summed E-state index contributed by atoms with van der Waals surface area (Å²) < 4.78 is 39.4. The highest BCUT2D eigenvalue weighted by molar-refractivity contribution is 7.92. The van der Waals surface area contributed by atoms with Gasteiger partial charge in [-0.3, -0.25) is 9.10 Å². The highest BCUT2D eigenvalue weighted by atomic mass is 32.2. The van der Waals surface area contributed by atoms with Crippen LogP contribution in [0.1, 0.15) is 30.5 Å². The van der Waals surface area contributed by atoms with E-state index in [0.29, 0.717) is 17.9 Å². The zero-order chi connectivity index (χ0) is 24.3. The highest BCUT2D eigenvalue weighted by Crippen LogP contribution is 2.37. The smallest absolute Gasteiger partial charge is 0.264 e. The summed E-state index contributed by atoms with van der Waals surface area (Å²) in [6.45, 7) is 3.80. The van der Waals surface area contributed by atoms with E-state index < -0.39 is 16.1 Å². The first kappa shape index (κ1) is 23.6. The van der Waals surface area contributed by atoms with Crippen LogP contribution in [0.2, 0.25) is 0 Å². The summed E-state index contributed by atoms with van der Waals surface area (Å²) in [7, 11) is -2.26. The molecule has 8 heteroatoms. The van der Waals surface area contributed by atoms with E-state index in [4.69, 9.17) is 9.47 Å². The van der Waals surface area contributed by atoms with Gasteiger partial charge in [-0.15, -0.1) is 0 Å². The second-order valence-electron chi connectivity index (χ2n) is 8.12. The molecule has 4 rings (SSSR count). The minimum absolute atomic E-state index is 0.127. The Labute approximate surface area is 200 Å². The fourth-order valence-electron chi connectivity index (χ4n) is 4.09. The van der Waals surface area contributed by atoms with Gasteiger partial charge in [0, 0.05) is 0 Å². The van der Waals surface area contributed by atoms with Gasteiger partial charge in [-0.05, 0) is 54.8 Å². The lowest BCUT2D eigenvalue weighted by atomic mass is 10.0. The summed E-state index contributed by atoms with van der Waals surface area (Å²) >= 11 is 0. The van der Waals surface area contributed by atoms with Gasteiger partial charge in [0.15, 0.2) is 6.10 Å². The van der Waals surface area contributed by atoms with E-state index in [2.05, 4.69) is 5.32 Å². The summed E-state index contributed by atoms with van der Waals surface area (Å²) in [5.74, 6) is 0.753. The minimum atomic E-state index is -3.88. The number of methoxy groups -OCH3 is 1. The molecule has 1 aliphatic rings. The first-order valence-electron chi connectivity index (χ1n) is 11.1. The second-order valence-corrected chi connectivity index (χ2v) is 9.98. The monoisotopic (exact) mass is 480 g/mol. The van der Waals surface area contributed by atoms with Gasteiger partial charge in [0.05, 0.1) is 30.3 Å².